The van der Waals surface area contributed by atoms with E-state index in [1.54, 1.807) is 26.2 Å². The number of nitrogens with zero attached hydrogens (tertiary/aromatic N) is 1. The first-order valence-corrected chi connectivity index (χ1v) is 9.22. The Kier molecular flexibility index (Phi) is 5.42. The van der Waals surface area contributed by atoms with Gasteiger partial charge in [0, 0.05) is 16.5 Å². The molecule has 0 saturated heterocycles. The van der Waals surface area contributed by atoms with Crippen molar-refractivity contribution in [3.05, 3.63) is 52.2 Å². The van der Waals surface area contributed by atoms with E-state index >= 15 is 0 Å². The minimum atomic E-state index is -0.571. The summed E-state index contributed by atoms with van der Waals surface area (Å²) < 4.78 is 5.31. The number of carbonyl (C=O) groups excluding carboxylic acids is 1. The quantitative estimate of drug-likeness (QED) is 0.475. The van der Waals surface area contributed by atoms with E-state index < -0.39 is 5.92 Å². The number of nitrogens with one attached hydrogen (secondary N) is 2. The van der Waals surface area contributed by atoms with Crippen molar-refractivity contribution < 1.29 is 9.53 Å². The number of anilines is 1. The van der Waals surface area contributed by atoms with Crippen LogP contribution in [-0.4, -0.2) is 29.6 Å². The first-order valence-electron chi connectivity index (χ1n) is 7.93. The third-order valence-electron chi connectivity index (χ3n) is 4.23. The highest BCUT2D eigenvalue weighted by atomic mass is 32.1. The molecular weight excluding hydrogens is 366 g/mol. The van der Waals surface area contributed by atoms with Gasteiger partial charge in [-0.15, -0.1) is 11.3 Å². The Morgan fingerprint density at radius 1 is 1.35 bits per heavy atom. The molecule has 1 aromatic heterocycles. The molecule has 1 aliphatic rings. The number of thiocarbonyl (C=S) groups is 1. The highest BCUT2D eigenvalue weighted by Gasteiger charge is 2.40. The fourth-order valence-electron chi connectivity index (χ4n) is 3.04. The molecule has 0 spiro atoms. The number of ether oxygens (including phenoxy) is 1. The molecule has 1 aliphatic heterocycles. The number of benzene rings is 1. The summed E-state index contributed by atoms with van der Waals surface area (Å²) in [6.45, 7) is 1.79. The highest BCUT2D eigenvalue weighted by molar-refractivity contribution is 7.80. The van der Waals surface area contributed by atoms with Crippen molar-refractivity contribution in [2.45, 2.75) is 12.8 Å². The van der Waals surface area contributed by atoms with Gasteiger partial charge in [-0.3, -0.25) is 10.2 Å². The summed E-state index contributed by atoms with van der Waals surface area (Å²) in [4.78, 5) is 18.7. The number of rotatable bonds is 4. The van der Waals surface area contributed by atoms with Gasteiger partial charge in [-0.05, 0) is 36.4 Å². The van der Waals surface area contributed by atoms with Gasteiger partial charge in [-0.1, -0.05) is 30.4 Å². The Morgan fingerprint density at radius 2 is 2.12 bits per heavy atom. The van der Waals surface area contributed by atoms with Crippen LogP contribution in [-0.2, 0) is 4.79 Å². The molecule has 2 atom stereocenters. The molecule has 3 rings (SSSR count). The van der Waals surface area contributed by atoms with Gasteiger partial charge in [0.15, 0.2) is 0 Å². The Bertz CT molecular complexity index is 928. The first kappa shape index (κ1) is 18.2. The average Bonchev–Trinajstić information content (AvgIpc) is 3.15. The summed E-state index contributed by atoms with van der Waals surface area (Å²) in [6.07, 6.45) is 0. The summed E-state index contributed by atoms with van der Waals surface area (Å²) in [7, 11) is 1.56. The smallest absolute Gasteiger partial charge is 0.234 e. The molecule has 1 amide bonds. The number of aliphatic imine (C=N–C) groups is 1. The van der Waals surface area contributed by atoms with E-state index in [-0.39, 0.29) is 11.8 Å². The maximum atomic E-state index is 13.1. The van der Waals surface area contributed by atoms with E-state index in [2.05, 4.69) is 16.2 Å². The lowest BCUT2D eigenvalue weighted by molar-refractivity contribution is -0.118. The van der Waals surface area contributed by atoms with E-state index in [1.165, 1.54) is 11.3 Å². The number of hydrogen-bond donors (Lipinski definition) is 2. The van der Waals surface area contributed by atoms with Gasteiger partial charge in [0.1, 0.15) is 10.7 Å². The van der Waals surface area contributed by atoms with E-state index in [1.807, 2.05) is 29.6 Å². The SMILES string of the molecule is COc1ccccc1NC(=O)C1C(C)=NC(=S)C(=C=N)[C@@H]1c1cccs1. The summed E-state index contributed by atoms with van der Waals surface area (Å²) in [6, 6.07) is 11.1. The van der Waals surface area contributed by atoms with Crippen LogP contribution in [0.25, 0.3) is 0 Å². The van der Waals surface area contributed by atoms with Crippen LogP contribution in [0.3, 0.4) is 0 Å². The van der Waals surface area contributed by atoms with Crippen LogP contribution in [0.5, 0.6) is 5.75 Å². The van der Waals surface area contributed by atoms with Crippen LogP contribution in [0.2, 0.25) is 0 Å². The van der Waals surface area contributed by atoms with Crippen molar-refractivity contribution in [3.8, 4) is 5.75 Å². The van der Waals surface area contributed by atoms with Crippen LogP contribution in [0.1, 0.15) is 17.7 Å². The molecular formula is C19H17N3O2S2. The summed E-state index contributed by atoms with van der Waals surface area (Å²) in [5, 5.41) is 12.5. The molecule has 5 nitrogen and oxygen atoms in total. The molecule has 0 radical (unpaired) electrons. The summed E-state index contributed by atoms with van der Waals surface area (Å²) >= 11 is 6.83. The van der Waals surface area contributed by atoms with E-state index in [4.69, 9.17) is 22.4 Å². The van der Waals surface area contributed by atoms with Gasteiger partial charge < -0.3 is 10.1 Å². The Morgan fingerprint density at radius 3 is 2.77 bits per heavy atom. The zero-order valence-electron chi connectivity index (χ0n) is 14.3. The number of carbonyl (C=O) groups is 1. The first-order chi connectivity index (χ1) is 12.6. The van der Waals surface area contributed by atoms with Crippen molar-refractivity contribution in [3.63, 3.8) is 0 Å². The molecule has 2 heterocycles. The van der Waals surface area contributed by atoms with Gasteiger partial charge in [0.2, 0.25) is 5.91 Å². The Hall–Kier alpha value is -2.60. The minimum Gasteiger partial charge on any atom is -0.495 e. The fraction of sp³-hybridized carbons (Fsp3) is 0.211. The lowest BCUT2D eigenvalue weighted by atomic mass is 9.79. The number of hydrogen-bond acceptors (Lipinski definition) is 5. The van der Waals surface area contributed by atoms with Gasteiger partial charge in [0.25, 0.3) is 0 Å². The van der Waals surface area contributed by atoms with Crippen molar-refractivity contribution in [2.75, 3.05) is 12.4 Å². The summed E-state index contributed by atoms with van der Waals surface area (Å²) in [5.74, 6) is 1.83. The third kappa shape index (κ3) is 3.37. The van der Waals surface area contributed by atoms with Crippen LogP contribution in [0, 0.1) is 11.3 Å². The van der Waals surface area contributed by atoms with Crippen LogP contribution in [0.15, 0.2) is 52.3 Å². The number of para-hydroxylation sites is 2. The molecule has 0 bridgehead atoms. The number of amides is 1. The van der Waals surface area contributed by atoms with Gasteiger partial charge in [-0.2, -0.15) is 0 Å². The Balaban J connectivity index is 2.02. The van der Waals surface area contributed by atoms with E-state index in [0.717, 1.165) is 4.88 Å². The highest BCUT2D eigenvalue weighted by Crippen LogP contribution is 2.39. The molecule has 7 heteroatoms. The van der Waals surface area contributed by atoms with Crippen LogP contribution >= 0.6 is 23.6 Å². The average molecular weight is 383 g/mol. The van der Waals surface area contributed by atoms with Crippen LogP contribution in [0.4, 0.5) is 5.69 Å². The predicted molar refractivity (Wildman–Crippen MR) is 109 cm³/mol. The van der Waals surface area contributed by atoms with Gasteiger partial charge in [-0.25, -0.2) is 4.99 Å². The van der Waals surface area contributed by atoms with Crippen molar-refractivity contribution in [1.29, 1.82) is 5.41 Å². The lowest BCUT2D eigenvalue weighted by Crippen LogP contribution is -2.38. The molecule has 26 heavy (non-hydrogen) atoms. The molecule has 1 aromatic carbocycles. The second-order valence-corrected chi connectivity index (χ2v) is 7.12. The van der Waals surface area contributed by atoms with Crippen molar-refractivity contribution in [2.24, 2.45) is 10.9 Å². The zero-order valence-corrected chi connectivity index (χ0v) is 15.9. The molecule has 0 fully saturated rings. The maximum Gasteiger partial charge on any atom is 0.234 e. The molecule has 2 aromatic rings. The maximum absolute atomic E-state index is 13.1. The predicted octanol–water partition coefficient (Wildman–Crippen LogP) is 4.07. The normalized spacial score (nSPS) is 19.5. The lowest BCUT2D eigenvalue weighted by Gasteiger charge is -2.30. The van der Waals surface area contributed by atoms with Gasteiger partial charge >= 0.3 is 0 Å². The summed E-state index contributed by atoms with van der Waals surface area (Å²) in [5.41, 5.74) is 1.68. The number of thiophene rings is 1. The fourth-order valence-corrected chi connectivity index (χ4v) is 4.23. The molecule has 132 valence electrons. The van der Waals surface area contributed by atoms with Crippen molar-refractivity contribution in [1.82, 2.24) is 0 Å². The second-order valence-electron chi connectivity index (χ2n) is 5.76. The second kappa shape index (κ2) is 7.74. The van der Waals surface area contributed by atoms with E-state index in [0.29, 0.717) is 27.7 Å². The minimum absolute atomic E-state index is 0.218. The van der Waals surface area contributed by atoms with E-state index in [9.17, 15) is 4.79 Å². The van der Waals surface area contributed by atoms with Gasteiger partial charge in [0.05, 0.1) is 24.3 Å². The monoisotopic (exact) mass is 383 g/mol. The van der Waals surface area contributed by atoms with Crippen molar-refractivity contribution >= 4 is 51.7 Å². The molecule has 1 unspecified atom stereocenters. The largest absolute Gasteiger partial charge is 0.495 e. The molecule has 0 aliphatic carbocycles. The molecule has 2 N–H and O–H groups in total. The standard InChI is InChI=1S/C19H17N3O2S2/c1-11-16(18(23)22-13-6-3-4-7-14(13)24-2)17(15-8-5-9-26-15)12(10-20)19(25)21-11/h3-9,16-17,20H,1-2H3,(H,22,23)/t16?,17-/m1/s1. The number of methoxy groups -OCH3 is 1. The van der Waals surface area contributed by atoms with Crippen LogP contribution < -0.4 is 10.1 Å². The Labute approximate surface area is 160 Å². The third-order valence-corrected chi connectivity index (χ3v) is 5.50. The molecule has 0 saturated carbocycles. The topological polar surface area (TPSA) is 74.5 Å². The zero-order chi connectivity index (χ0) is 18.7.